The highest BCUT2D eigenvalue weighted by Gasteiger charge is 2.03. The summed E-state index contributed by atoms with van der Waals surface area (Å²) < 4.78 is 0.931. The van der Waals surface area contributed by atoms with E-state index in [-0.39, 0.29) is 0 Å². The van der Waals surface area contributed by atoms with E-state index in [9.17, 15) is 0 Å². The highest BCUT2D eigenvalue weighted by Crippen LogP contribution is 2.22. The second-order valence-corrected chi connectivity index (χ2v) is 6.82. The normalized spacial score (nSPS) is 10.5. The standard InChI is InChI=1S/C18H18BrN5S/c1-12-10-16(14-4-2-3-5-15(14)23-12)20-8-9-21-18(25)24-17-7-6-13(19)11-22-17/h2-7,10-11H,8-9H2,1H3,(H,20,23)(H2,21,22,24,25). The van der Waals surface area contributed by atoms with Crippen molar-refractivity contribution >= 4 is 55.7 Å². The van der Waals surface area contributed by atoms with E-state index in [2.05, 4.69) is 54.0 Å². The van der Waals surface area contributed by atoms with Gasteiger partial charge in [-0.2, -0.15) is 0 Å². The van der Waals surface area contributed by atoms with Gasteiger partial charge in [0, 0.05) is 40.5 Å². The summed E-state index contributed by atoms with van der Waals surface area (Å²) in [4.78, 5) is 8.78. The first-order valence-corrected chi connectivity index (χ1v) is 9.08. The number of hydrogen-bond donors (Lipinski definition) is 3. The molecule has 25 heavy (non-hydrogen) atoms. The SMILES string of the molecule is Cc1cc(NCCNC(=S)Nc2ccc(Br)cn2)c2ccccc2n1. The molecule has 0 saturated heterocycles. The van der Waals surface area contributed by atoms with Gasteiger partial charge in [0.25, 0.3) is 0 Å². The van der Waals surface area contributed by atoms with Crippen LogP contribution in [0.1, 0.15) is 5.69 Å². The van der Waals surface area contributed by atoms with Crippen LogP contribution < -0.4 is 16.0 Å². The average Bonchev–Trinajstić information content (AvgIpc) is 2.60. The Morgan fingerprint density at radius 1 is 1.16 bits per heavy atom. The Hall–Kier alpha value is -2.25. The first kappa shape index (κ1) is 17.6. The fraction of sp³-hybridized carbons (Fsp3) is 0.167. The summed E-state index contributed by atoms with van der Waals surface area (Å²) in [6, 6.07) is 14.0. The van der Waals surface area contributed by atoms with Crippen LogP contribution in [0.25, 0.3) is 10.9 Å². The number of benzene rings is 1. The van der Waals surface area contributed by atoms with Crippen molar-refractivity contribution in [1.29, 1.82) is 0 Å². The van der Waals surface area contributed by atoms with E-state index in [1.165, 1.54) is 0 Å². The van der Waals surface area contributed by atoms with Gasteiger partial charge in [0.15, 0.2) is 5.11 Å². The van der Waals surface area contributed by atoms with Gasteiger partial charge in [0.2, 0.25) is 0 Å². The van der Waals surface area contributed by atoms with E-state index in [1.54, 1.807) is 6.20 Å². The third-order valence-electron chi connectivity index (χ3n) is 3.54. The number of fused-ring (bicyclic) bond motifs is 1. The minimum atomic E-state index is 0.549. The molecule has 0 atom stereocenters. The van der Waals surface area contributed by atoms with Crippen LogP contribution in [0, 0.1) is 6.92 Å². The van der Waals surface area contributed by atoms with Gasteiger partial charge in [-0.15, -0.1) is 0 Å². The lowest BCUT2D eigenvalue weighted by atomic mass is 10.1. The molecule has 0 amide bonds. The van der Waals surface area contributed by atoms with Gasteiger partial charge in [-0.3, -0.25) is 4.98 Å². The second-order valence-electron chi connectivity index (χ2n) is 5.50. The largest absolute Gasteiger partial charge is 0.383 e. The zero-order chi connectivity index (χ0) is 17.6. The predicted molar refractivity (Wildman–Crippen MR) is 111 cm³/mol. The number of rotatable bonds is 5. The number of para-hydroxylation sites is 1. The molecule has 0 spiro atoms. The summed E-state index contributed by atoms with van der Waals surface area (Å²) in [5.74, 6) is 0.712. The van der Waals surface area contributed by atoms with E-state index in [1.807, 2.05) is 37.3 Å². The molecule has 5 nitrogen and oxygen atoms in total. The van der Waals surface area contributed by atoms with Gasteiger partial charge in [0.1, 0.15) is 5.82 Å². The van der Waals surface area contributed by atoms with E-state index in [0.717, 1.165) is 33.3 Å². The first-order valence-electron chi connectivity index (χ1n) is 7.88. The quantitative estimate of drug-likeness (QED) is 0.430. The van der Waals surface area contributed by atoms with Crippen molar-refractivity contribution in [2.45, 2.75) is 6.92 Å². The number of nitrogens with zero attached hydrogens (tertiary/aromatic N) is 2. The van der Waals surface area contributed by atoms with Crippen LogP contribution in [0.3, 0.4) is 0 Å². The number of halogens is 1. The molecule has 2 aromatic heterocycles. The minimum Gasteiger partial charge on any atom is -0.383 e. The maximum absolute atomic E-state index is 5.28. The third kappa shape index (κ3) is 4.87. The van der Waals surface area contributed by atoms with Gasteiger partial charge in [-0.05, 0) is 59.3 Å². The molecule has 0 fully saturated rings. The zero-order valence-electron chi connectivity index (χ0n) is 13.7. The molecule has 1 aromatic carbocycles. The monoisotopic (exact) mass is 415 g/mol. The fourth-order valence-electron chi connectivity index (χ4n) is 2.44. The molecule has 0 saturated carbocycles. The first-order chi connectivity index (χ1) is 12.1. The molecule has 0 aliphatic rings. The molecular weight excluding hydrogens is 398 g/mol. The number of anilines is 2. The van der Waals surface area contributed by atoms with Crippen molar-refractivity contribution < 1.29 is 0 Å². The lowest BCUT2D eigenvalue weighted by Gasteiger charge is -2.13. The van der Waals surface area contributed by atoms with Crippen LogP contribution >= 0.6 is 28.1 Å². The highest BCUT2D eigenvalue weighted by molar-refractivity contribution is 9.10. The Morgan fingerprint density at radius 2 is 2.00 bits per heavy atom. The Kier molecular flexibility index (Phi) is 5.78. The zero-order valence-corrected chi connectivity index (χ0v) is 16.1. The highest BCUT2D eigenvalue weighted by atomic mass is 79.9. The molecule has 3 rings (SSSR count). The molecule has 0 aliphatic carbocycles. The Labute approximate surface area is 160 Å². The maximum Gasteiger partial charge on any atom is 0.172 e. The summed E-state index contributed by atoms with van der Waals surface area (Å²) in [6.07, 6.45) is 1.73. The molecule has 0 unspecified atom stereocenters. The van der Waals surface area contributed by atoms with E-state index in [4.69, 9.17) is 12.2 Å². The molecule has 0 bridgehead atoms. The molecular formula is C18H18BrN5S. The van der Waals surface area contributed by atoms with Crippen molar-refractivity contribution in [3.8, 4) is 0 Å². The van der Waals surface area contributed by atoms with E-state index >= 15 is 0 Å². The van der Waals surface area contributed by atoms with Gasteiger partial charge >= 0.3 is 0 Å². The van der Waals surface area contributed by atoms with Crippen LogP contribution in [-0.2, 0) is 0 Å². The number of aryl methyl sites for hydroxylation is 1. The van der Waals surface area contributed by atoms with Crippen molar-refractivity contribution in [3.63, 3.8) is 0 Å². The van der Waals surface area contributed by atoms with Crippen LogP contribution in [0.5, 0.6) is 0 Å². The Bertz CT molecular complexity index is 882. The minimum absolute atomic E-state index is 0.549. The van der Waals surface area contributed by atoms with Crippen LogP contribution in [0.2, 0.25) is 0 Å². The number of thiocarbonyl (C=S) groups is 1. The lowest BCUT2D eigenvalue weighted by Crippen LogP contribution is -2.32. The summed E-state index contributed by atoms with van der Waals surface area (Å²) in [5, 5.41) is 11.3. The predicted octanol–water partition coefficient (Wildman–Crippen LogP) is 4.10. The number of hydrogen-bond acceptors (Lipinski definition) is 4. The number of nitrogens with one attached hydrogen (secondary N) is 3. The molecule has 0 aliphatic heterocycles. The number of pyridine rings is 2. The topological polar surface area (TPSA) is 61.9 Å². The molecule has 7 heteroatoms. The molecule has 128 valence electrons. The summed E-state index contributed by atoms with van der Waals surface area (Å²) >= 11 is 8.64. The van der Waals surface area contributed by atoms with Crippen LogP contribution in [0.4, 0.5) is 11.5 Å². The van der Waals surface area contributed by atoms with E-state index in [0.29, 0.717) is 17.5 Å². The maximum atomic E-state index is 5.28. The number of aromatic nitrogens is 2. The summed E-state index contributed by atoms with van der Waals surface area (Å²) in [7, 11) is 0. The Morgan fingerprint density at radius 3 is 2.80 bits per heavy atom. The van der Waals surface area contributed by atoms with Crippen molar-refractivity contribution in [3.05, 3.63) is 58.8 Å². The van der Waals surface area contributed by atoms with Gasteiger partial charge in [-0.1, -0.05) is 18.2 Å². The fourth-order valence-corrected chi connectivity index (χ4v) is 2.88. The van der Waals surface area contributed by atoms with Crippen LogP contribution in [-0.4, -0.2) is 28.2 Å². The second kappa shape index (κ2) is 8.22. The smallest absolute Gasteiger partial charge is 0.172 e. The van der Waals surface area contributed by atoms with E-state index < -0.39 is 0 Å². The summed E-state index contributed by atoms with van der Waals surface area (Å²) in [6.45, 7) is 3.43. The third-order valence-corrected chi connectivity index (χ3v) is 4.25. The van der Waals surface area contributed by atoms with Crippen molar-refractivity contribution in [2.75, 3.05) is 23.7 Å². The van der Waals surface area contributed by atoms with Gasteiger partial charge < -0.3 is 16.0 Å². The van der Waals surface area contributed by atoms with Gasteiger partial charge in [0.05, 0.1) is 5.52 Å². The van der Waals surface area contributed by atoms with Crippen molar-refractivity contribution in [1.82, 2.24) is 15.3 Å². The van der Waals surface area contributed by atoms with Gasteiger partial charge in [-0.25, -0.2) is 4.98 Å². The van der Waals surface area contributed by atoms with Crippen LogP contribution in [0.15, 0.2) is 53.1 Å². The average molecular weight is 416 g/mol. The summed E-state index contributed by atoms with van der Waals surface area (Å²) in [5.41, 5.74) is 3.07. The molecule has 3 aromatic rings. The molecule has 3 N–H and O–H groups in total. The molecule has 0 radical (unpaired) electrons. The Balaban J connectivity index is 1.51. The van der Waals surface area contributed by atoms with Crippen molar-refractivity contribution in [2.24, 2.45) is 0 Å². The molecule has 2 heterocycles. The lowest BCUT2D eigenvalue weighted by molar-refractivity contribution is 0.915.